The fraction of sp³-hybridized carbons (Fsp3) is 0.308. The number of nitrogens with one attached hydrogen (secondary N) is 2. The van der Waals surface area contributed by atoms with Crippen LogP contribution in [0.15, 0.2) is 58.5 Å². The number of carbonyl (C=O) groups excluding carboxylic acids is 2. The second-order valence-electron chi connectivity index (χ2n) is 8.16. The van der Waals surface area contributed by atoms with Gasteiger partial charge in [-0.15, -0.1) is 0 Å². The van der Waals surface area contributed by atoms with Crippen molar-refractivity contribution in [1.82, 2.24) is 10.6 Å². The van der Waals surface area contributed by atoms with Crippen LogP contribution in [0.25, 0.3) is 0 Å². The van der Waals surface area contributed by atoms with Gasteiger partial charge in [0.25, 0.3) is 0 Å². The molecule has 0 aliphatic heterocycles. The van der Waals surface area contributed by atoms with Gasteiger partial charge in [0.2, 0.25) is 11.8 Å². The van der Waals surface area contributed by atoms with E-state index in [-0.39, 0.29) is 28.6 Å². The molecule has 2 amide bonds. The first-order valence-corrected chi connectivity index (χ1v) is 11.5. The Bertz CT molecular complexity index is 1100. The van der Waals surface area contributed by atoms with E-state index in [1.807, 2.05) is 0 Å². The van der Waals surface area contributed by atoms with Crippen LogP contribution >= 0.6 is 0 Å². The van der Waals surface area contributed by atoms with Crippen molar-refractivity contribution in [3.63, 3.8) is 0 Å². The van der Waals surface area contributed by atoms with Crippen molar-refractivity contribution in [2.75, 3.05) is 0 Å². The van der Waals surface area contributed by atoms with Crippen LogP contribution in [0.3, 0.4) is 0 Å². The molecule has 0 aliphatic rings. The SMILES string of the molecule is C[C@H](N=Cc1ccccc1O)C(=O)N[C@@H](C)C(=O)O.C[C@H](N=Cc1ccccc1O)C(=O)N[C@@H](C)C(=O)O.[Cu]. The van der Waals surface area contributed by atoms with Crippen molar-refractivity contribution in [3.8, 4) is 11.5 Å². The van der Waals surface area contributed by atoms with Gasteiger partial charge in [0.05, 0.1) is 0 Å². The maximum Gasteiger partial charge on any atom is 0.325 e. The third-order valence-corrected chi connectivity index (χ3v) is 4.97. The molecule has 4 atom stereocenters. The molecule has 0 unspecified atom stereocenters. The van der Waals surface area contributed by atoms with Crippen molar-refractivity contribution in [2.24, 2.45) is 9.98 Å². The second kappa shape index (κ2) is 17.3. The molecule has 0 fully saturated rings. The topological polar surface area (TPSA) is 198 Å². The first-order valence-electron chi connectivity index (χ1n) is 11.5. The Morgan fingerprint density at radius 2 is 0.974 bits per heavy atom. The number of para-hydroxylation sites is 2. The normalized spacial score (nSPS) is 13.6. The van der Waals surface area contributed by atoms with Gasteiger partial charge in [0, 0.05) is 40.6 Å². The predicted molar refractivity (Wildman–Crippen MR) is 141 cm³/mol. The molecule has 2 rings (SSSR count). The van der Waals surface area contributed by atoms with Gasteiger partial charge < -0.3 is 31.1 Å². The molecule has 0 bridgehead atoms. The molecule has 2 aromatic rings. The van der Waals surface area contributed by atoms with Gasteiger partial charge in [-0.1, -0.05) is 24.3 Å². The number of hydrogen-bond donors (Lipinski definition) is 6. The smallest absolute Gasteiger partial charge is 0.325 e. The van der Waals surface area contributed by atoms with E-state index in [2.05, 4.69) is 20.6 Å². The molecule has 2 aromatic carbocycles. The van der Waals surface area contributed by atoms with Gasteiger partial charge in [-0.3, -0.25) is 29.2 Å². The Morgan fingerprint density at radius 3 is 1.26 bits per heavy atom. The third kappa shape index (κ3) is 12.7. The van der Waals surface area contributed by atoms with Crippen molar-refractivity contribution < 1.29 is 56.7 Å². The molecule has 0 heterocycles. The van der Waals surface area contributed by atoms with Crippen LogP contribution in [0.5, 0.6) is 11.5 Å². The molecule has 39 heavy (non-hydrogen) atoms. The van der Waals surface area contributed by atoms with Crippen LogP contribution in [-0.2, 0) is 36.2 Å². The van der Waals surface area contributed by atoms with Gasteiger partial charge >= 0.3 is 11.9 Å². The summed E-state index contributed by atoms with van der Waals surface area (Å²) < 4.78 is 0. The van der Waals surface area contributed by atoms with E-state index >= 15 is 0 Å². The average molecular weight is 592 g/mol. The van der Waals surface area contributed by atoms with Crippen LogP contribution < -0.4 is 10.6 Å². The number of aliphatic imine (C=N–C) groups is 2. The third-order valence-electron chi connectivity index (χ3n) is 4.97. The molecule has 215 valence electrons. The van der Waals surface area contributed by atoms with Gasteiger partial charge in [-0.2, -0.15) is 0 Å². The number of amides is 2. The molecule has 6 N–H and O–H groups in total. The number of aliphatic carboxylic acids is 2. The zero-order valence-corrected chi connectivity index (χ0v) is 22.6. The molecule has 13 heteroatoms. The van der Waals surface area contributed by atoms with E-state index in [4.69, 9.17) is 10.2 Å². The van der Waals surface area contributed by atoms with E-state index in [1.54, 1.807) is 50.2 Å². The van der Waals surface area contributed by atoms with Crippen LogP contribution in [0, 0.1) is 0 Å². The number of hydrogen-bond acceptors (Lipinski definition) is 8. The second-order valence-corrected chi connectivity index (χ2v) is 8.16. The molecular weight excluding hydrogens is 560 g/mol. The summed E-state index contributed by atoms with van der Waals surface area (Å²) in [5.41, 5.74) is 0.988. The molecular formula is C26H32CuN4O8. The van der Waals surface area contributed by atoms with Crippen LogP contribution in [-0.4, -0.2) is 80.8 Å². The quantitative estimate of drug-likeness (QED) is 0.177. The fourth-order valence-electron chi connectivity index (χ4n) is 2.50. The zero-order chi connectivity index (χ0) is 28.8. The number of aromatic hydroxyl groups is 2. The number of benzene rings is 2. The van der Waals surface area contributed by atoms with Crippen molar-refractivity contribution in [2.45, 2.75) is 51.9 Å². The predicted octanol–water partition coefficient (Wildman–Crippen LogP) is 1.58. The molecule has 0 aromatic heterocycles. The first kappa shape index (κ1) is 34.8. The largest absolute Gasteiger partial charge is 0.507 e. The van der Waals surface area contributed by atoms with E-state index in [1.165, 1.54) is 38.4 Å². The zero-order valence-electron chi connectivity index (χ0n) is 21.7. The summed E-state index contributed by atoms with van der Waals surface area (Å²) in [6.45, 7) is 5.83. The first-order chi connectivity index (χ1) is 17.8. The van der Waals surface area contributed by atoms with E-state index in [9.17, 15) is 29.4 Å². The van der Waals surface area contributed by atoms with Gasteiger partial charge in [-0.25, -0.2) is 0 Å². The minimum atomic E-state index is -1.11. The van der Waals surface area contributed by atoms with E-state index in [0.717, 1.165) is 0 Å². The number of phenolic OH excluding ortho intramolecular Hbond substituents is 2. The maximum absolute atomic E-state index is 11.6. The monoisotopic (exact) mass is 591 g/mol. The molecule has 0 spiro atoms. The summed E-state index contributed by atoms with van der Waals surface area (Å²) in [5.74, 6) is -3.05. The number of phenols is 2. The minimum absolute atomic E-state index is 0. The van der Waals surface area contributed by atoms with Gasteiger partial charge in [-0.05, 0) is 52.0 Å². The summed E-state index contributed by atoms with van der Waals surface area (Å²) in [6, 6.07) is 9.77. The Kier molecular flexibility index (Phi) is 15.4. The summed E-state index contributed by atoms with van der Waals surface area (Å²) in [4.78, 5) is 52.4. The standard InChI is InChI=1S/2C13H16N2O4.Cu/c2*1-8(12(17)15-9(2)13(18)19)14-7-10-5-3-4-6-11(10)16;/h2*3-9,16H,1-2H3,(H,15,17)(H,18,19);/t2*8-,9-;/m00./s1. The summed E-state index contributed by atoms with van der Waals surface area (Å²) in [6.07, 6.45) is 2.76. The van der Waals surface area contributed by atoms with Gasteiger partial charge in [0.15, 0.2) is 0 Å². The minimum Gasteiger partial charge on any atom is -0.507 e. The number of rotatable bonds is 10. The number of carboxylic acid groups (broad SMARTS) is 2. The maximum atomic E-state index is 11.6. The molecule has 0 saturated carbocycles. The Hall–Kier alpha value is -4.22. The van der Waals surface area contributed by atoms with E-state index in [0.29, 0.717) is 11.1 Å². The Balaban J connectivity index is 0.000000722. The van der Waals surface area contributed by atoms with Crippen LogP contribution in [0.4, 0.5) is 0 Å². The average Bonchev–Trinajstić information content (AvgIpc) is 2.87. The molecule has 0 aliphatic carbocycles. The number of carboxylic acids is 2. The molecule has 1 radical (unpaired) electrons. The molecule has 12 nitrogen and oxygen atoms in total. The summed E-state index contributed by atoms with van der Waals surface area (Å²) in [5, 5.41) is 41.0. The van der Waals surface area contributed by atoms with Crippen molar-refractivity contribution >= 4 is 36.2 Å². The Labute approximate surface area is 236 Å². The Morgan fingerprint density at radius 1 is 0.667 bits per heavy atom. The molecule has 0 saturated heterocycles. The van der Waals surface area contributed by atoms with E-state index < -0.39 is 47.9 Å². The van der Waals surface area contributed by atoms with Crippen molar-refractivity contribution in [3.05, 3.63) is 59.7 Å². The summed E-state index contributed by atoms with van der Waals surface area (Å²) >= 11 is 0. The van der Waals surface area contributed by atoms with Crippen molar-refractivity contribution in [1.29, 1.82) is 0 Å². The summed E-state index contributed by atoms with van der Waals surface area (Å²) in [7, 11) is 0. The van der Waals surface area contributed by atoms with Crippen LogP contribution in [0.2, 0.25) is 0 Å². The number of nitrogens with zero attached hydrogens (tertiary/aromatic N) is 2. The van der Waals surface area contributed by atoms with Crippen LogP contribution in [0.1, 0.15) is 38.8 Å². The number of carbonyl (C=O) groups is 4. The van der Waals surface area contributed by atoms with Gasteiger partial charge in [0.1, 0.15) is 35.7 Å². The fourth-order valence-corrected chi connectivity index (χ4v) is 2.50.